The number of amides is 1. The Kier molecular flexibility index (Phi) is 6.05. The number of carbonyl (C=O) groups excluding carboxylic acids is 1. The standard InChI is InChI=1S/C20H29N3O/c1-2-11-23-12-10-19(8-9-20(23)24)22-15-13-21(14-16-22)17-18-6-4-3-5-7-18/h2-7,19H,1,8-17H2. The number of hydrogen-bond donors (Lipinski definition) is 0. The first-order valence-corrected chi connectivity index (χ1v) is 9.15. The highest BCUT2D eigenvalue weighted by molar-refractivity contribution is 5.76. The minimum absolute atomic E-state index is 0.292. The molecule has 130 valence electrons. The van der Waals surface area contributed by atoms with Crippen LogP contribution in [0.25, 0.3) is 0 Å². The van der Waals surface area contributed by atoms with Crippen LogP contribution in [0.15, 0.2) is 43.0 Å². The van der Waals surface area contributed by atoms with Gasteiger partial charge in [0.25, 0.3) is 0 Å². The van der Waals surface area contributed by atoms with E-state index in [1.807, 2.05) is 11.0 Å². The van der Waals surface area contributed by atoms with Crippen molar-refractivity contribution in [1.29, 1.82) is 0 Å². The Morgan fingerprint density at radius 1 is 1.04 bits per heavy atom. The Balaban J connectivity index is 1.48. The lowest BCUT2D eigenvalue weighted by atomic mass is 10.1. The molecular formula is C20H29N3O. The van der Waals surface area contributed by atoms with Crippen LogP contribution in [0.1, 0.15) is 24.8 Å². The number of piperazine rings is 1. The molecule has 1 amide bonds. The van der Waals surface area contributed by atoms with Gasteiger partial charge in [0.1, 0.15) is 0 Å². The lowest BCUT2D eigenvalue weighted by Gasteiger charge is -2.39. The zero-order chi connectivity index (χ0) is 16.8. The molecule has 1 aromatic rings. The van der Waals surface area contributed by atoms with Crippen molar-refractivity contribution in [1.82, 2.24) is 14.7 Å². The molecule has 0 N–H and O–H groups in total. The maximum Gasteiger partial charge on any atom is 0.222 e. The third-order valence-corrected chi connectivity index (χ3v) is 5.30. The van der Waals surface area contributed by atoms with Crippen LogP contribution < -0.4 is 0 Å². The van der Waals surface area contributed by atoms with Crippen LogP contribution in [0.2, 0.25) is 0 Å². The third kappa shape index (κ3) is 4.46. The number of rotatable bonds is 5. The highest BCUT2D eigenvalue weighted by Gasteiger charge is 2.28. The van der Waals surface area contributed by atoms with Crippen molar-refractivity contribution < 1.29 is 4.79 Å². The molecule has 2 heterocycles. The van der Waals surface area contributed by atoms with Crippen molar-refractivity contribution in [3.8, 4) is 0 Å². The molecule has 0 spiro atoms. The van der Waals surface area contributed by atoms with E-state index in [4.69, 9.17) is 0 Å². The van der Waals surface area contributed by atoms with Gasteiger partial charge in [0.15, 0.2) is 0 Å². The average Bonchev–Trinajstić information content (AvgIpc) is 2.79. The molecule has 1 atom stereocenters. The quantitative estimate of drug-likeness (QED) is 0.777. The van der Waals surface area contributed by atoms with Gasteiger partial charge in [0.05, 0.1) is 0 Å². The third-order valence-electron chi connectivity index (χ3n) is 5.30. The van der Waals surface area contributed by atoms with Gasteiger partial charge in [-0.15, -0.1) is 6.58 Å². The van der Waals surface area contributed by atoms with Gasteiger partial charge in [0, 0.05) is 58.3 Å². The minimum Gasteiger partial charge on any atom is -0.339 e. The van der Waals surface area contributed by atoms with Crippen LogP contribution >= 0.6 is 0 Å². The van der Waals surface area contributed by atoms with Crippen LogP contribution in [0.5, 0.6) is 0 Å². The van der Waals surface area contributed by atoms with Gasteiger partial charge in [-0.2, -0.15) is 0 Å². The van der Waals surface area contributed by atoms with E-state index in [0.717, 1.165) is 52.1 Å². The first-order valence-electron chi connectivity index (χ1n) is 9.15. The Hall–Kier alpha value is -1.65. The molecule has 2 saturated heterocycles. The topological polar surface area (TPSA) is 26.8 Å². The Morgan fingerprint density at radius 3 is 2.50 bits per heavy atom. The lowest BCUT2D eigenvalue weighted by Crippen LogP contribution is -2.50. The Labute approximate surface area is 145 Å². The fourth-order valence-electron chi connectivity index (χ4n) is 3.86. The molecule has 4 nitrogen and oxygen atoms in total. The van der Waals surface area contributed by atoms with Gasteiger partial charge in [-0.25, -0.2) is 0 Å². The van der Waals surface area contributed by atoms with E-state index >= 15 is 0 Å². The second-order valence-corrected chi connectivity index (χ2v) is 6.91. The van der Waals surface area contributed by atoms with Crippen molar-refractivity contribution in [3.05, 3.63) is 48.6 Å². The first-order chi connectivity index (χ1) is 11.8. The summed E-state index contributed by atoms with van der Waals surface area (Å²) in [4.78, 5) is 19.2. The van der Waals surface area contributed by atoms with Crippen molar-refractivity contribution in [2.75, 3.05) is 39.3 Å². The summed E-state index contributed by atoms with van der Waals surface area (Å²) < 4.78 is 0. The van der Waals surface area contributed by atoms with E-state index in [2.05, 4.69) is 46.7 Å². The Bertz CT molecular complexity index is 537. The smallest absolute Gasteiger partial charge is 0.222 e. The molecule has 2 fully saturated rings. The van der Waals surface area contributed by atoms with E-state index in [9.17, 15) is 4.79 Å². The molecule has 1 unspecified atom stereocenters. The number of hydrogen-bond acceptors (Lipinski definition) is 3. The van der Waals surface area contributed by atoms with Crippen LogP contribution in [-0.2, 0) is 11.3 Å². The second kappa shape index (κ2) is 8.45. The summed E-state index contributed by atoms with van der Waals surface area (Å²) in [5.41, 5.74) is 1.39. The molecule has 3 rings (SSSR count). The van der Waals surface area contributed by atoms with Crippen LogP contribution in [0.3, 0.4) is 0 Å². The lowest BCUT2D eigenvalue weighted by molar-refractivity contribution is -0.130. The summed E-state index contributed by atoms with van der Waals surface area (Å²) in [6.45, 7) is 10.9. The average molecular weight is 327 g/mol. The number of carbonyl (C=O) groups is 1. The predicted octanol–water partition coefficient (Wildman–Crippen LogP) is 2.37. The van der Waals surface area contributed by atoms with E-state index < -0.39 is 0 Å². The van der Waals surface area contributed by atoms with Crippen LogP contribution in [0.4, 0.5) is 0 Å². The minimum atomic E-state index is 0.292. The highest BCUT2D eigenvalue weighted by atomic mass is 16.2. The van der Waals surface area contributed by atoms with Crippen LogP contribution in [0, 0.1) is 0 Å². The van der Waals surface area contributed by atoms with Gasteiger partial charge < -0.3 is 4.90 Å². The molecule has 0 saturated carbocycles. The fourth-order valence-corrected chi connectivity index (χ4v) is 3.86. The summed E-state index contributed by atoms with van der Waals surface area (Å²) in [5, 5.41) is 0. The maximum atomic E-state index is 12.1. The summed E-state index contributed by atoms with van der Waals surface area (Å²) in [6.07, 6.45) is 4.62. The zero-order valence-electron chi connectivity index (χ0n) is 14.6. The van der Waals surface area contributed by atoms with Crippen LogP contribution in [-0.4, -0.2) is 65.9 Å². The van der Waals surface area contributed by atoms with Gasteiger partial charge >= 0.3 is 0 Å². The molecular weight excluding hydrogens is 298 g/mol. The van der Waals surface area contributed by atoms with E-state index in [1.165, 1.54) is 5.56 Å². The first kappa shape index (κ1) is 17.2. The van der Waals surface area contributed by atoms with E-state index in [-0.39, 0.29) is 0 Å². The van der Waals surface area contributed by atoms with Gasteiger partial charge in [-0.05, 0) is 18.4 Å². The largest absolute Gasteiger partial charge is 0.339 e. The van der Waals surface area contributed by atoms with E-state index in [1.54, 1.807) is 0 Å². The SMILES string of the molecule is C=CCN1CCC(N2CCN(Cc3ccccc3)CC2)CCC1=O. The monoisotopic (exact) mass is 327 g/mol. The van der Waals surface area contributed by atoms with Crippen molar-refractivity contribution in [2.24, 2.45) is 0 Å². The Morgan fingerprint density at radius 2 is 1.79 bits per heavy atom. The molecule has 0 aromatic heterocycles. The van der Waals surface area contributed by atoms with Gasteiger partial charge in [-0.1, -0.05) is 36.4 Å². The number of benzene rings is 1. The molecule has 1 aromatic carbocycles. The molecule has 2 aliphatic rings. The summed E-state index contributed by atoms with van der Waals surface area (Å²) in [7, 11) is 0. The summed E-state index contributed by atoms with van der Waals surface area (Å²) >= 11 is 0. The molecule has 4 heteroatoms. The van der Waals surface area contributed by atoms with Crippen molar-refractivity contribution in [3.63, 3.8) is 0 Å². The zero-order valence-corrected chi connectivity index (χ0v) is 14.6. The van der Waals surface area contributed by atoms with E-state index in [0.29, 0.717) is 24.9 Å². The van der Waals surface area contributed by atoms with Crippen molar-refractivity contribution >= 4 is 5.91 Å². The highest BCUT2D eigenvalue weighted by Crippen LogP contribution is 2.20. The number of nitrogens with zero attached hydrogens (tertiary/aromatic N) is 3. The molecule has 0 radical (unpaired) electrons. The predicted molar refractivity (Wildman–Crippen MR) is 97.7 cm³/mol. The number of likely N-dealkylation sites (tertiary alicyclic amines) is 1. The molecule has 2 aliphatic heterocycles. The van der Waals surface area contributed by atoms with Gasteiger partial charge in [0.2, 0.25) is 5.91 Å². The second-order valence-electron chi connectivity index (χ2n) is 6.91. The fraction of sp³-hybridized carbons (Fsp3) is 0.550. The normalized spacial score (nSPS) is 23.9. The maximum absolute atomic E-state index is 12.1. The molecule has 0 aliphatic carbocycles. The molecule has 0 bridgehead atoms. The summed E-state index contributed by atoms with van der Waals surface area (Å²) in [6, 6.07) is 11.3. The molecule has 24 heavy (non-hydrogen) atoms. The summed E-state index contributed by atoms with van der Waals surface area (Å²) in [5.74, 6) is 0.292. The van der Waals surface area contributed by atoms with Crippen molar-refractivity contribution in [2.45, 2.75) is 31.8 Å². The van der Waals surface area contributed by atoms with Gasteiger partial charge in [-0.3, -0.25) is 14.6 Å².